The fourth-order valence-electron chi connectivity index (χ4n) is 2.31. The van der Waals surface area contributed by atoms with Crippen LogP contribution in [0.4, 0.5) is 0 Å². The molecule has 0 bridgehead atoms. The highest BCUT2D eigenvalue weighted by Gasteiger charge is 2.55. The number of rotatable bonds is 3. The Labute approximate surface area is 90.3 Å². The summed E-state index contributed by atoms with van der Waals surface area (Å²) in [6, 6.07) is 9.99. The van der Waals surface area contributed by atoms with Gasteiger partial charge in [-0.1, -0.05) is 44.2 Å². The lowest BCUT2D eigenvalue weighted by Crippen LogP contribution is -2.49. The third-order valence-electron chi connectivity index (χ3n) is 3.50. The molecule has 1 saturated heterocycles. The zero-order valence-electron chi connectivity index (χ0n) is 9.19. The maximum absolute atomic E-state index is 11.6. The number of hydrogen-bond donors (Lipinski definition) is 0. The van der Waals surface area contributed by atoms with Crippen LogP contribution in [-0.2, 0) is 9.53 Å². The van der Waals surface area contributed by atoms with Crippen molar-refractivity contribution in [2.45, 2.75) is 32.8 Å². The molecular formula is C13H16O2. The largest absolute Gasteiger partial charge is 0.456 e. The van der Waals surface area contributed by atoms with E-state index in [1.54, 1.807) is 0 Å². The number of carbonyl (C=O) groups is 1. The molecule has 2 nitrogen and oxygen atoms in total. The van der Waals surface area contributed by atoms with E-state index in [4.69, 9.17) is 4.74 Å². The molecule has 1 aromatic rings. The second kappa shape index (κ2) is 3.69. The van der Waals surface area contributed by atoms with Gasteiger partial charge in [0.25, 0.3) is 0 Å². The predicted octanol–water partition coefficient (Wildman–Crippen LogP) is 3.09. The molecule has 0 saturated carbocycles. The summed E-state index contributed by atoms with van der Waals surface area (Å²) < 4.78 is 5.28. The topological polar surface area (TPSA) is 26.3 Å². The molecule has 1 aliphatic heterocycles. The van der Waals surface area contributed by atoms with E-state index in [0.717, 1.165) is 18.4 Å². The number of cyclic esters (lactones) is 1. The average molecular weight is 204 g/mol. The fourth-order valence-corrected chi connectivity index (χ4v) is 2.31. The van der Waals surface area contributed by atoms with E-state index in [1.165, 1.54) is 0 Å². The molecule has 0 N–H and O–H groups in total. The van der Waals surface area contributed by atoms with Crippen molar-refractivity contribution in [3.8, 4) is 0 Å². The molecule has 2 rings (SSSR count). The maximum Gasteiger partial charge on any atom is 0.316 e. The van der Waals surface area contributed by atoms with Gasteiger partial charge in [-0.25, -0.2) is 0 Å². The van der Waals surface area contributed by atoms with Crippen LogP contribution in [0.2, 0.25) is 0 Å². The van der Waals surface area contributed by atoms with Crippen molar-refractivity contribution in [2.75, 3.05) is 0 Å². The molecule has 1 atom stereocenters. The predicted molar refractivity (Wildman–Crippen MR) is 58.3 cm³/mol. The van der Waals surface area contributed by atoms with Crippen LogP contribution < -0.4 is 0 Å². The second-order valence-corrected chi connectivity index (χ2v) is 4.06. The first-order chi connectivity index (χ1) is 7.24. The lowest BCUT2D eigenvalue weighted by Gasteiger charge is -2.46. The summed E-state index contributed by atoms with van der Waals surface area (Å²) in [6.45, 7) is 4.11. The maximum atomic E-state index is 11.6. The van der Waals surface area contributed by atoms with Gasteiger partial charge in [-0.2, -0.15) is 0 Å². The van der Waals surface area contributed by atoms with Crippen LogP contribution in [0.1, 0.15) is 38.4 Å². The minimum atomic E-state index is -0.276. The molecule has 0 aliphatic carbocycles. The molecule has 15 heavy (non-hydrogen) atoms. The van der Waals surface area contributed by atoms with E-state index in [2.05, 4.69) is 13.8 Å². The third kappa shape index (κ3) is 1.36. The first-order valence-corrected chi connectivity index (χ1v) is 5.50. The molecular weight excluding hydrogens is 188 g/mol. The first-order valence-electron chi connectivity index (χ1n) is 5.50. The summed E-state index contributed by atoms with van der Waals surface area (Å²) in [4.78, 5) is 11.6. The Bertz CT molecular complexity index is 352. The Morgan fingerprint density at radius 2 is 1.80 bits per heavy atom. The lowest BCUT2D eigenvalue weighted by atomic mass is 9.70. The van der Waals surface area contributed by atoms with Gasteiger partial charge in [0.15, 0.2) is 0 Å². The van der Waals surface area contributed by atoms with E-state index in [-0.39, 0.29) is 17.5 Å². The molecule has 0 unspecified atom stereocenters. The summed E-state index contributed by atoms with van der Waals surface area (Å²) in [5.74, 6) is -0.0404. The fraction of sp³-hybridized carbons (Fsp3) is 0.462. The molecule has 1 aliphatic rings. The van der Waals surface area contributed by atoms with Crippen LogP contribution in [0.25, 0.3) is 0 Å². The Morgan fingerprint density at radius 1 is 1.20 bits per heavy atom. The zero-order chi connectivity index (χ0) is 10.9. The van der Waals surface area contributed by atoms with E-state index < -0.39 is 0 Å². The first kappa shape index (κ1) is 10.2. The van der Waals surface area contributed by atoms with Gasteiger partial charge >= 0.3 is 5.97 Å². The van der Waals surface area contributed by atoms with Gasteiger partial charge in [0, 0.05) is 0 Å². The van der Waals surface area contributed by atoms with E-state index in [1.807, 2.05) is 30.3 Å². The van der Waals surface area contributed by atoms with Crippen molar-refractivity contribution in [3.05, 3.63) is 35.9 Å². The van der Waals surface area contributed by atoms with E-state index in [0.29, 0.717) is 0 Å². The standard InChI is InChI=1S/C13H16O2/c1-3-13(4-2)11(15-12(13)14)10-8-6-5-7-9-10/h5-9,11H,3-4H2,1-2H3/t11-/m1/s1. The minimum absolute atomic E-state index is 0.0404. The average Bonchev–Trinajstić information content (AvgIpc) is 2.29. The molecule has 2 heteroatoms. The molecule has 0 aromatic heterocycles. The van der Waals surface area contributed by atoms with Crippen molar-refractivity contribution in [1.29, 1.82) is 0 Å². The molecule has 1 heterocycles. The number of hydrogen-bond acceptors (Lipinski definition) is 2. The van der Waals surface area contributed by atoms with Crippen LogP contribution in [0, 0.1) is 5.41 Å². The third-order valence-corrected chi connectivity index (χ3v) is 3.50. The number of carbonyl (C=O) groups excluding carboxylic acids is 1. The highest BCUT2D eigenvalue weighted by molar-refractivity contribution is 5.83. The molecule has 0 radical (unpaired) electrons. The van der Waals surface area contributed by atoms with Crippen LogP contribution >= 0.6 is 0 Å². The summed E-state index contributed by atoms with van der Waals surface area (Å²) in [7, 11) is 0. The van der Waals surface area contributed by atoms with Crippen LogP contribution in [0.3, 0.4) is 0 Å². The summed E-state index contributed by atoms with van der Waals surface area (Å²) in [6.07, 6.45) is 1.66. The van der Waals surface area contributed by atoms with Crippen molar-refractivity contribution in [1.82, 2.24) is 0 Å². The lowest BCUT2D eigenvalue weighted by molar-refractivity contribution is -0.210. The molecule has 0 amide bonds. The van der Waals surface area contributed by atoms with Gasteiger partial charge in [0.05, 0.1) is 0 Å². The van der Waals surface area contributed by atoms with Crippen LogP contribution in [-0.4, -0.2) is 5.97 Å². The number of ether oxygens (including phenoxy) is 1. The molecule has 1 aromatic carbocycles. The van der Waals surface area contributed by atoms with Crippen molar-refractivity contribution in [2.24, 2.45) is 5.41 Å². The molecule has 1 fully saturated rings. The smallest absolute Gasteiger partial charge is 0.316 e. The summed E-state index contributed by atoms with van der Waals surface area (Å²) in [5.41, 5.74) is 0.835. The van der Waals surface area contributed by atoms with Gasteiger partial charge < -0.3 is 4.74 Å². The van der Waals surface area contributed by atoms with Gasteiger partial charge in [-0.3, -0.25) is 4.79 Å². The Kier molecular flexibility index (Phi) is 2.51. The SMILES string of the molecule is CCC1(CC)C(=O)O[C@@H]1c1ccccc1. The minimum Gasteiger partial charge on any atom is -0.456 e. The van der Waals surface area contributed by atoms with E-state index in [9.17, 15) is 4.79 Å². The van der Waals surface area contributed by atoms with Crippen LogP contribution in [0.15, 0.2) is 30.3 Å². The van der Waals surface area contributed by atoms with Crippen LogP contribution in [0.5, 0.6) is 0 Å². The number of esters is 1. The molecule has 0 spiro atoms. The van der Waals surface area contributed by atoms with Crippen molar-refractivity contribution >= 4 is 5.97 Å². The monoisotopic (exact) mass is 204 g/mol. The highest BCUT2D eigenvalue weighted by atomic mass is 16.6. The van der Waals surface area contributed by atoms with Gasteiger partial charge in [-0.05, 0) is 18.4 Å². The number of benzene rings is 1. The van der Waals surface area contributed by atoms with E-state index >= 15 is 0 Å². The van der Waals surface area contributed by atoms with Gasteiger partial charge in [0.1, 0.15) is 11.5 Å². The summed E-state index contributed by atoms with van der Waals surface area (Å²) in [5, 5.41) is 0. The Hall–Kier alpha value is -1.31. The quantitative estimate of drug-likeness (QED) is 0.707. The van der Waals surface area contributed by atoms with Crippen molar-refractivity contribution in [3.63, 3.8) is 0 Å². The zero-order valence-corrected chi connectivity index (χ0v) is 9.19. The Morgan fingerprint density at radius 3 is 2.27 bits per heavy atom. The Balaban J connectivity index is 2.29. The van der Waals surface area contributed by atoms with Crippen molar-refractivity contribution < 1.29 is 9.53 Å². The second-order valence-electron chi connectivity index (χ2n) is 4.06. The van der Waals surface area contributed by atoms with Gasteiger partial charge in [-0.15, -0.1) is 0 Å². The normalized spacial score (nSPS) is 23.1. The van der Waals surface area contributed by atoms with Gasteiger partial charge in [0.2, 0.25) is 0 Å². The highest BCUT2D eigenvalue weighted by Crippen LogP contribution is 2.52. The molecule has 80 valence electrons. The summed E-state index contributed by atoms with van der Waals surface area (Å²) >= 11 is 0.